The third-order valence-corrected chi connectivity index (χ3v) is 8.38. The van der Waals surface area contributed by atoms with Crippen molar-refractivity contribution in [2.75, 3.05) is 18.5 Å². The lowest BCUT2D eigenvalue weighted by Crippen LogP contribution is -2.25. The number of hydrogen-bond donors (Lipinski definition) is 0. The number of halogens is 2. The maximum Gasteiger partial charge on any atom is 0.337 e. The molecule has 0 amide bonds. The van der Waals surface area contributed by atoms with Crippen molar-refractivity contribution in [1.82, 2.24) is 0 Å². The maximum atomic E-state index is 12.6. The van der Waals surface area contributed by atoms with Gasteiger partial charge in [-0.25, -0.2) is 13.2 Å². The minimum Gasteiger partial charge on any atom is -0.465 e. The number of sulfonamides is 1. The Balaban J connectivity index is 2.34. The van der Waals surface area contributed by atoms with Gasteiger partial charge in [0, 0.05) is 11.5 Å². The molecule has 5 nitrogen and oxygen atoms in total. The molecule has 0 saturated carbocycles. The first-order valence-corrected chi connectivity index (χ1v) is 9.73. The predicted molar refractivity (Wildman–Crippen MR) is 93.1 cm³/mol. The smallest absolute Gasteiger partial charge is 0.337 e. The standard InChI is InChI=1S/C13H11Br2NO4S2/c1-16(9-5-3-8(4-6-9)13(17)20-2)22(18,19)11-7-10(14)12(15)21-11/h3-7H,1-2H3. The van der Waals surface area contributed by atoms with Gasteiger partial charge >= 0.3 is 5.97 Å². The largest absolute Gasteiger partial charge is 0.465 e. The van der Waals surface area contributed by atoms with Crippen LogP contribution in [0.5, 0.6) is 0 Å². The number of carbonyl (C=O) groups is 1. The van der Waals surface area contributed by atoms with Crippen LogP contribution in [0.1, 0.15) is 10.4 Å². The molecule has 1 aromatic heterocycles. The molecule has 9 heteroatoms. The van der Waals surface area contributed by atoms with Crippen LogP contribution in [-0.4, -0.2) is 28.5 Å². The molecule has 0 N–H and O–H groups in total. The lowest BCUT2D eigenvalue weighted by molar-refractivity contribution is 0.0601. The van der Waals surface area contributed by atoms with E-state index in [0.717, 1.165) is 11.3 Å². The van der Waals surface area contributed by atoms with Gasteiger partial charge in [0.25, 0.3) is 10.0 Å². The number of carbonyl (C=O) groups excluding carboxylic acids is 1. The van der Waals surface area contributed by atoms with Crippen molar-refractivity contribution in [2.24, 2.45) is 0 Å². The fourth-order valence-electron chi connectivity index (χ4n) is 1.65. The third-order valence-electron chi connectivity index (χ3n) is 2.89. The van der Waals surface area contributed by atoms with Crippen molar-refractivity contribution in [3.8, 4) is 0 Å². The van der Waals surface area contributed by atoms with Crippen LogP contribution in [0, 0.1) is 0 Å². The number of methoxy groups -OCH3 is 1. The van der Waals surface area contributed by atoms with E-state index in [9.17, 15) is 13.2 Å². The number of benzene rings is 1. The number of hydrogen-bond acceptors (Lipinski definition) is 5. The minimum absolute atomic E-state index is 0.214. The van der Waals surface area contributed by atoms with Crippen LogP contribution in [0.3, 0.4) is 0 Å². The summed E-state index contributed by atoms with van der Waals surface area (Å²) in [4.78, 5) is 11.4. The lowest BCUT2D eigenvalue weighted by Gasteiger charge is -2.18. The normalized spacial score (nSPS) is 11.3. The first-order valence-electron chi connectivity index (χ1n) is 5.89. The highest BCUT2D eigenvalue weighted by Gasteiger charge is 2.24. The summed E-state index contributed by atoms with van der Waals surface area (Å²) < 4.78 is 32.5. The molecular formula is C13H11Br2NO4S2. The Labute approximate surface area is 149 Å². The molecule has 0 fully saturated rings. The van der Waals surface area contributed by atoms with Crippen molar-refractivity contribution in [3.05, 3.63) is 44.2 Å². The van der Waals surface area contributed by atoms with Gasteiger partial charge in [-0.05, 0) is 62.2 Å². The molecule has 0 bridgehead atoms. The quantitative estimate of drug-likeness (QED) is 0.638. The molecule has 118 valence electrons. The number of esters is 1. The molecule has 2 aromatic rings. The number of thiophene rings is 1. The average molecular weight is 469 g/mol. The average Bonchev–Trinajstić information content (AvgIpc) is 2.86. The molecule has 0 aliphatic heterocycles. The molecule has 0 saturated heterocycles. The fraction of sp³-hybridized carbons (Fsp3) is 0.154. The Morgan fingerprint density at radius 1 is 1.23 bits per heavy atom. The van der Waals surface area contributed by atoms with Crippen LogP contribution in [-0.2, 0) is 14.8 Å². The van der Waals surface area contributed by atoms with Gasteiger partial charge in [-0.15, -0.1) is 11.3 Å². The van der Waals surface area contributed by atoms with Crippen molar-refractivity contribution in [3.63, 3.8) is 0 Å². The molecule has 1 aromatic carbocycles. The van der Waals surface area contributed by atoms with Crippen molar-refractivity contribution in [1.29, 1.82) is 0 Å². The molecule has 22 heavy (non-hydrogen) atoms. The van der Waals surface area contributed by atoms with Crippen LogP contribution >= 0.6 is 43.2 Å². The Morgan fingerprint density at radius 2 is 1.82 bits per heavy atom. The second kappa shape index (κ2) is 6.69. The first kappa shape index (κ1) is 17.5. The van der Waals surface area contributed by atoms with Crippen LogP contribution in [0.2, 0.25) is 0 Å². The van der Waals surface area contributed by atoms with Gasteiger partial charge < -0.3 is 4.74 Å². The van der Waals surface area contributed by atoms with Gasteiger partial charge in [0.15, 0.2) is 0 Å². The molecule has 2 rings (SSSR count). The molecule has 1 heterocycles. The Kier molecular flexibility index (Phi) is 5.31. The topological polar surface area (TPSA) is 63.7 Å². The Hall–Kier alpha value is -0.900. The SMILES string of the molecule is COC(=O)c1ccc(N(C)S(=O)(=O)c2cc(Br)c(Br)s2)cc1. The Morgan fingerprint density at radius 3 is 2.27 bits per heavy atom. The van der Waals surface area contributed by atoms with E-state index in [4.69, 9.17) is 0 Å². The van der Waals surface area contributed by atoms with E-state index < -0.39 is 16.0 Å². The number of anilines is 1. The van der Waals surface area contributed by atoms with Gasteiger partial charge in [-0.1, -0.05) is 0 Å². The van der Waals surface area contributed by atoms with Crippen LogP contribution in [0.4, 0.5) is 5.69 Å². The van der Waals surface area contributed by atoms with E-state index in [0.29, 0.717) is 19.5 Å². The van der Waals surface area contributed by atoms with Gasteiger partial charge in [-0.3, -0.25) is 4.31 Å². The number of ether oxygens (including phenoxy) is 1. The second-order valence-corrected chi connectivity index (χ2v) is 9.62. The summed E-state index contributed by atoms with van der Waals surface area (Å²) in [5.74, 6) is -0.469. The van der Waals surface area contributed by atoms with Gasteiger partial charge in [-0.2, -0.15) is 0 Å². The predicted octanol–water partition coefficient (Wildman–Crippen LogP) is 3.88. The van der Waals surface area contributed by atoms with Crippen molar-refractivity contribution in [2.45, 2.75) is 4.21 Å². The summed E-state index contributed by atoms with van der Waals surface area (Å²) in [6.07, 6.45) is 0. The monoisotopic (exact) mass is 467 g/mol. The van der Waals surface area contributed by atoms with Gasteiger partial charge in [0.05, 0.1) is 22.1 Å². The number of nitrogens with zero attached hydrogens (tertiary/aromatic N) is 1. The fourth-order valence-corrected chi connectivity index (χ4v) is 5.84. The summed E-state index contributed by atoms with van der Waals surface area (Å²) in [6, 6.07) is 7.70. The van der Waals surface area contributed by atoms with Crippen molar-refractivity contribution < 1.29 is 17.9 Å². The lowest BCUT2D eigenvalue weighted by atomic mass is 10.2. The third kappa shape index (κ3) is 3.37. The number of rotatable bonds is 4. The minimum atomic E-state index is -3.66. The molecule has 0 unspecified atom stereocenters. The highest BCUT2D eigenvalue weighted by Crippen LogP contribution is 2.36. The summed E-state index contributed by atoms with van der Waals surface area (Å²) in [6.45, 7) is 0. The van der Waals surface area contributed by atoms with E-state index in [1.807, 2.05) is 0 Å². The summed E-state index contributed by atoms with van der Waals surface area (Å²) in [5.41, 5.74) is 0.812. The molecule has 0 radical (unpaired) electrons. The van der Waals surface area contributed by atoms with E-state index in [-0.39, 0.29) is 4.21 Å². The summed E-state index contributed by atoms with van der Waals surface area (Å²) >= 11 is 7.68. The maximum absolute atomic E-state index is 12.6. The highest BCUT2D eigenvalue weighted by molar-refractivity contribution is 9.13. The van der Waals surface area contributed by atoms with Crippen molar-refractivity contribution >= 4 is 64.9 Å². The van der Waals surface area contributed by atoms with Gasteiger partial charge in [0.2, 0.25) is 0 Å². The molecule has 0 spiro atoms. The second-order valence-electron chi connectivity index (χ2n) is 4.20. The Bertz CT molecular complexity index is 780. The molecule has 0 atom stereocenters. The van der Waals surface area contributed by atoms with Gasteiger partial charge in [0.1, 0.15) is 4.21 Å². The van der Waals surface area contributed by atoms with E-state index in [1.165, 1.54) is 30.6 Å². The van der Waals surface area contributed by atoms with E-state index in [1.54, 1.807) is 18.2 Å². The van der Waals surface area contributed by atoms with E-state index in [2.05, 4.69) is 36.6 Å². The zero-order valence-corrected chi connectivity index (χ0v) is 16.3. The van der Waals surface area contributed by atoms with Crippen LogP contribution in [0.15, 0.2) is 42.8 Å². The molecule has 0 aliphatic carbocycles. The zero-order valence-electron chi connectivity index (χ0n) is 11.5. The van der Waals surface area contributed by atoms with Crippen LogP contribution < -0.4 is 4.31 Å². The molecule has 0 aliphatic rings. The zero-order chi connectivity index (χ0) is 16.5. The highest BCUT2D eigenvalue weighted by atomic mass is 79.9. The van der Waals surface area contributed by atoms with Crippen LogP contribution in [0.25, 0.3) is 0 Å². The van der Waals surface area contributed by atoms with E-state index >= 15 is 0 Å². The molecular weight excluding hydrogens is 458 g/mol. The summed E-state index contributed by atoms with van der Waals surface area (Å²) in [5, 5.41) is 0. The first-order chi connectivity index (χ1) is 10.3. The summed E-state index contributed by atoms with van der Waals surface area (Å²) in [7, 11) is -0.903.